The first kappa shape index (κ1) is 12.3. The van der Waals surface area contributed by atoms with Crippen LogP contribution in [-0.2, 0) is 9.84 Å². The molecule has 1 unspecified atom stereocenters. The quantitative estimate of drug-likeness (QED) is 0.923. The fourth-order valence-electron chi connectivity index (χ4n) is 2.44. The second-order valence-electron chi connectivity index (χ2n) is 4.75. The molecule has 5 nitrogen and oxygen atoms in total. The predicted octanol–water partition coefficient (Wildman–Crippen LogP) is 1.62. The van der Waals surface area contributed by atoms with Gasteiger partial charge in [-0.05, 0) is 25.0 Å². The number of fused-ring (bicyclic) bond motifs is 1. The van der Waals surface area contributed by atoms with E-state index in [1.165, 1.54) is 6.33 Å². The van der Waals surface area contributed by atoms with E-state index in [0.717, 1.165) is 23.7 Å². The average molecular weight is 277 g/mol. The summed E-state index contributed by atoms with van der Waals surface area (Å²) in [6.07, 6.45) is 2.99. The van der Waals surface area contributed by atoms with E-state index in [-0.39, 0.29) is 5.25 Å². The Kier molecular flexibility index (Phi) is 3.10. The summed E-state index contributed by atoms with van der Waals surface area (Å²) in [6.45, 7) is 0.420. The third-order valence-corrected chi connectivity index (χ3v) is 5.78. The second-order valence-corrected chi connectivity index (χ2v) is 7.15. The van der Waals surface area contributed by atoms with E-state index in [1.807, 2.05) is 24.3 Å². The first-order valence-corrected chi connectivity index (χ1v) is 8.03. The number of hydrogen-bond donors (Lipinski definition) is 1. The molecule has 6 heteroatoms. The van der Waals surface area contributed by atoms with E-state index < -0.39 is 9.84 Å². The number of nitrogens with one attached hydrogen (secondary N) is 1. The van der Waals surface area contributed by atoms with Gasteiger partial charge in [0.2, 0.25) is 0 Å². The van der Waals surface area contributed by atoms with Gasteiger partial charge < -0.3 is 5.32 Å². The van der Waals surface area contributed by atoms with Crippen molar-refractivity contribution < 1.29 is 8.42 Å². The number of hydrogen-bond acceptors (Lipinski definition) is 5. The van der Waals surface area contributed by atoms with Crippen LogP contribution in [0.1, 0.15) is 12.8 Å². The van der Waals surface area contributed by atoms with Gasteiger partial charge >= 0.3 is 0 Å². The zero-order chi connectivity index (χ0) is 13.3. The van der Waals surface area contributed by atoms with Gasteiger partial charge in [0.05, 0.1) is 16.5 Å². The van der Waals surface area contributed by atoms with Gasteiger partial charge in [0.15, 0.2) is 9.84 Å². The van der Waals surface area contributed by atoms with Crippen LogP contribution in [0.3, 0.4) is 0 Å². The number of aromatic nitrogens is 2. The molecule has 19 heavy (non-hydrogen) atoms. The molecule has 1 fully saturated rings. The summed E-state index contributed by atoms with van der Waals surface area (Å²) in [5.41, 5.74) is 0.856. The molecule has 3 rings (SSSR count). The third kappa shape index (κ3) is 2.40. The molecule has 1 N–H and O–H groups in total. The van der Waals surface area contributed by atoms with Crippen LogP contribution in [0.4, 0.5) is 5.82 Å². The van der Waals surface area contributed by atoms with Crippen LogP contribution in [-0.4, -0.2) is 35.9 Å². The monoisotopic (exact) mass is 277 g/mol. The number of anilines is 1. The van der Waals surface area contributed by atoms with Crippen molar-refractivity contribution in [1.29, 1.82) is 0 Å². The molecule has 0 radical (unpaired) electrons. The molecule has 1 atom stereocenters. The van der Waals surface area contributed by atoms with Crippen LogP contribution in [0.25, 0.3) is 10.9 Å². The minimum atomic E-state index is -2.92. The number of benzene rings is 1. The van der Waals surface area contributed by atoms with Crippen molar-refractivity contribution in [2.75, 3.05) is 17.6 Å². The summed E-state index contributed by atoms with van der Waals surface area (Å²) in [5.74, 6) is 1.01. The lowest BCUT2D eigenvalue weighted by Crippen LogP contribution is -2.25. The van der Waals surface area contributed by atoms with E-state index >= 15 is 0 Å². The van der Waals surface area contributed by atoms with E-state index in [4.69, 9.17) is 0 Å². The van der Waals surface area contributed by atoms with Crippen LogP contribution in [0, 0.1) is 0 Å². The lowest BCUT2D eigenvalue weighted by molar-refractivity contribution is 0.591. The fraction of sp³-hybridized carbons (Fsp3) is 0.385. The Bertz CT molecular complexity index is 695. The van der Waals surface area contributed by atoms with Crippen LogP contribution < -0.4 is 5.32 Å². The van der Waals surface area contributed by atoms with E-state index in [2.05, 4.69) is 15.3 Å². The van der Waals surface area contributed by atoms with Gasteiger partial charge in [0.25, 0.3) is 0 Å². The first-order valence-electron chi connectivity index (χ1n) is 6.32. The molecule has 1 aliphatic heterocycles. The Morgan fingerprint density at radius 2 is 2.11 bits per heavy atom. The number of para-hydroxylation sites is 1. The third-order valence-electron chi connectivity index (χ3n) is 3.50. The van der Waals surface area contributed by atoms with Gasteiger partial charge in [-0.25, -0.2) is 18.4 Å². The van der Waals surface area contributed by atoms with Crippen molar-refractivity contribution in [3.05, 3.63) is 30.6 Å². The molecule has 0 amide bonds. The molecule has 1 saturated heterocycles. The van der Waals surface area contributed by atoms with Gasteiger partial charge in [-0.3, -0.25) is 0 Å². The molecule has 1 aliphatic rings. The summed E-state index contributed by atoms with van der Waals surface area (Å²) >= 11 is 0. The Labute approximate surface area is 112 Å². The van der Waals surface area contributed by atoms with Crippen molar-refractivity contribution in [3.8, 4) is 0 Å². The van der Waals surface area contributed by atoms with Crippen molar-refractivity contribution in [2.45, 2.75) is 18.1 Å². The van der Waals surface area contributed by atoms with Crippen molar-refractivity contribution in [2.24, 2.45) is 0 Å². The van der Waals surface area contributed by atoms with Crippen LogP contribution in [0.2, 0.25) is 0 Å². The summed E-state index contributed by atoms with van der Waals surface area (Å²) in [6, 6.07) is 7.68. The maximum absolute atomic E-state index is 11.8. The van der Waals surface area contributed by atoms with E-state index in [0.29, 0.717) is 18.1 Å². The summed E-state index contributed by atoms with van der Waals surface area (Å²) in [7, 11) is -2.92. The number of nitrogens with zero attached hydrogens (tertiary/aromatic N) is 2. The van der Waals surface area contributed by atoms with Crippen molar-refractivity contribution in [1.82, 2.24) is 9.97 Å². The molecule has 0 aliphatic carbocycles. The van der Waals surface area contributed by atoms with E-state index in [1.54, 1.807) is 0 Å². The minimum absolute atomic E-state index is 0.291. The summed E-state index contributed by atoms with van der Waals surface area (Å²) in [5, 5.41) is 3.78. The standard InChI is InChI=1S/C13H15N3O2S/c17-19(18)7-3-4-10(19)8-14-13-11-5-1-2-6-12(11)15-9-16-13/h1-2,5-6,9-10H,3-4,7-8H2,(H,14,15,16). The lowest BCUT2D eigenvalue weighted by atomic mass is 10.2. The smallest absolute Gasteiger partial charge is 0.154 e. The van der Waals surface area contributed by atoms with Gasteiger partial charge in [-0.2, -0.15) is 0 Å². The van der Waals surface area contributed by atoms with Crippen LogP contribution >= 0.6 is 0 Å². The Morgan fingerprint density at radius 1 is 1.26 bits per heavy atom. The van der Waals surface area contributed by atoms with Crippen LogP contribution in [0.15, 0.2) is 30.6 Å². The van der Waals surface area contributed by atoms with Crippen molar-refractivity contribution >= 4 is 26.6 Å². The highest BCUT2D eigenvalue weighted by molar-refractivity contribution is 7.92. The Morgan fingerprint density at radius 3 is 2.89 bits per heavy atom. The van der Waals surface area contributed by atoms with Gasteiger partial charge in [0, 0.05) is 11.9 Å². The Hall–Kier alpha value is -1.69. The highest BCUT2D eigenvalue weighted by atomic mass is 32.2. The molecular weight excluding hydrogens is 262 g/mol. The van der Waals surface area contributed by atoms with Crippen molar-refractivity contribution in [3.63, 3.8) is 0 Å². The van der Waals surface area contributed by atoms with Gasteiger partial charge in [-0.1, -0.05) is 12.1 Å². The highest BCUT2D eigenvalue weighted by Gasteiger charge is 2.30. The minimum Gasteiger partial charge on any atom is -0.368 e. The molecule has 0 bridgehead atoms. The maximum atomic E-state index is 11.8. The number of rotatable bonds is 3. The molecule has 0 saturated carbocycles. The number of sulfone groups is 1. The lowest BCUT2D eigenvalue weighted by Gasteiger charge is -2.12. The zero-order valence-electron chi connectivity index (χ0n) is 10.4. The van der Waals surface area contributed by atoms with Gasteiger partial charge in [0.1, 0.15) is 12.1 Å². The molecular formula is C13H15N3O2S. The normalized spacial score (nSPS) is 21.6. The largest absolute Gasteiger partial charge is 0.368 e. The summed E-state index contributed by atoms with van der Waals surface area (Å²) in [4.78, 5) is 8.38. The highest BCUT2D eigenvalue weighted by Crippen LogP contribution is 2.22. The molecule has 1 aromatic heterocycles. The second kappa shape index (κ2) is 4.77. The zero-order valence-corrected chi connectivity index (χ0v) is 11.2. The molecule has 2 aromatic rings. The topological polar surface area (TPSA) is 72.0 Å². The molecule has 100 valence electrons. The Balaban J connectivity index is 1.83. The average Bonchev–Trinajstić information content (AvgIpc) is 2.75. The predicted molar refractivity (Wildman–Crippen MR) is 74.8 cm³/mol. The van der Waals surface area contributed by atoms with Gasteiger partial charge in [-0.15, -0.1) is 0 Å². The maximum Gasteiger partial charge on any atom is 0.154 e. The first-order chi connectivity index (χ1) is 9.17. The fourth-order valence-corrected chi connectivity index (χ4v) is 4.21. The van der Waals surface area contributed by atoms with Crippen LogP contribution in [0.5, 0.6) is 0 Å². The van der Waals surface area contributed by atoms with E-state index in [9.17, 15) is 8.42 Å². The SMILES string of the molecule is O=S1(=O)CCCC1CNc1ncnc2ccccc12. The summed E-state index contributed by atoms with van der Waals surface area (Å²) < 4.78 is 23.5. The molecule has 2 heterocycles. The molecule has 0 spiro atoms. The molecule has 1 aromatic carbocycles.